The van der Waals surface area contributed by atoms with Crippen LogP contribution in [0.5, 0.6) is 0 Å². The zero-order valence-corrected chi connectivity index (χ0v) is 9.25. The number of hydrogen-bond donors (Lipinski definition) is 3. The minimum atomic E-state index is -0.0208. The van der Waals surface area contributed by atoms with E-state index in [-0.39, 0.29) is 6.03 Å². The summed E-state index contributed by atoms with van der Waals surface area (Å²) >= 11 is 0. The SMILES string of the molecule is CN1CCNC(CNC(=O)NC2CC2)C1. The molecule has 1 aliphatic heterocycles. The molecule has 2 fully saturated rings. The van der Waals surface area contributed by atoms with Crippen molar-refractivity contribution in [1.82, 2.24) is 20.9 Å². The van der Waals surface area contributed by atoms with Crippen molar-refractivity contribution in [3.8, 4) is 0 Å². The van der Waals surface area contributed by atoms with Crippen LogP contribution >= 0.6 is 0 Å². The van der Waals surface area contributed by atoms with Gasteiger partial charge in [-0.05, 0) is 19.9 Å². The van der Waals surface area contributed by atoms with Crippen molar-refractivity contribution < 1.29 is 4.79 Å². The van der Waals surface area contributed by atoms with Gasteiger partial charge in [-0.3, -0.25) is 0 Å². The van der Waals surface area contributed by atoms with Gasteiger partial charge in [0.05, 0.1) is 0 Å². The molecule has 1 aliphatic carbocycles. The third kappa shape index (κ3) is 3.68. The monoisotopic (exact) mass is 212 g/mol. The summed E-state index contributed by atoms with van der Waals surface area (Å²) in [7, 11) is 2.11. The van der Waals surface area contributed by atoms with E-state index in [0.717, 1.165) is 32.5 Å². The normalized spacial score (nSPS) is 27.4. The van der Waals surface area contributed by atoms with E-state index in [1.165, 1.54) is 0 Å². The fraction of sp³-hybridized carbons (Fsp3) is 0.900. The molecule has 2 aliphatic rings. The Bertz CT molecular complexity index is 229. The summed E-state index contributed by atoms with van der Waals surface area (Å²) in [6, 6.07) is 0.799. The zero-order valence-electron chi connectivity index (χ0n) is 9.25. The molecule has 5 nitrogen and oxygen atoms in total. The van der Waals surface area contributed by atoms with Crippen molar-refractivity contribution in [2.45, 2.75) is 24.9 Å². The van der Waals surface area contributed by atoms with Crippen LogP contribution in [-0.2, 0) is 0 Å². The van der Waals surface area contributed by atoms with Gasteiger partial charge >= 0.3 is 6.03 Å². The van der Waals surface area contributed by atoms with Crippen LogP contribution in [0.3, 0.4) is 0 Å². The van der Waals surface area contributed by atoms with Crippen molar-refractivity contribution in [3.63, 3.8) is 0 Å². The summed E-state index contributed by atoms with van der Waals surface area (Å²) in [5, 5.41) is 9.21. The maximum Gasteiger partial charge on any atom is 0.315 e. The summed E-state index contributed by atoms with van der Waals surface area (Å²) < 4.78 is 0. The molecule has 1 saturated carbocycles. The lowest BCUT2D eigenvalue weighted by Crippen LogP contribution is -2.54. The van der Waals surface area contributed by atoms with Crippen LogP contribution in [0, 0.1) is 0 Å². The van der Waals surface area contributed by atoms with E-state index in [0.29, 0.717) is 18.6 Å². The van der Waals surface area contributed by atoms with Crippen molar-refractivity contribution >= 4 is 6.03 Å². The van der Waals surface area contributed by atoms with Crippen LogP contribution in [0.2, 0.25) is 0 Å². The first-order valence-corrected chi connectivity index (χ1v) is 5.70. The molecule has 1 atom stereocenters. The van der Waals surface area contributed by atoms with Crippen LogP contribution < -0.4 is 16.0 Å². The van der Waals surface area contributed by atoms with E-state index in [2.05, 4.69) is 27.9 Å². The Kier molecular flexibility index (Phi) is 3.43. The van der Waals surface area contributed by atoms with Crippen molar-refractivity contribution in [2.24, 2.45) is 0 Å². The molecule has 2 amide bonds. The number of nitrogens with zero attached hydrogens (tertiary/aromatic N) is 1. The summed E-state index contributed by atoms with van der Waals surface area (Å²) in [4.78, 5) is 13.6. The lowest BCUT2D eigenvalue weighted by molar-refractivity contribution is 0.222. The molecule has 5 heteroatoms. The summed E-state index contributed by atoms with van der Waals surface area (Å²) in [5.74, 6) is 0. The molecule has 2 rings (SSSR count). The van der Waals surface area contributed by atoms with Gasteiger partial charge in [0.2, 0.25) is 0 Å². The molecule has 1 heterocycles. The van der Waals surface area contributed by atoms with E-state index in [1.54, 1.807) is 0 Å². The van der Waals surface area contributed by atoms with E-state index < -0.39 is 0 Å². The molecule has 0 aromatic carbocycles. The van der Waals surface area contributed by atoms with Gasteiger partial charge in [-0.15, -0.1) is 0 Å². The van der Waals surface area contributed by atoms with Crippen LogP contribution in [0.4, 0.5) is 4.79 Å². The predicted octanol–water partition coefficient (Wildman–Crippen LogP) is -0.648. The van der Waals surface area contributed by atoms with E-state index in [4.69, 9.17) is 0 Å². The highest BCUT2D eigenvalue weighted by Crippen LogP contribution is 2.18. The Morgan fingerprint density at radius 2 is 2.33 bits per heavy atom. The molecule has 0 aromatic rings. The quantitative estimate of drug-likeness (QED) is 0.583. The fourth-order valence-corrected chi connectivity index (χ4v) is 1.81. The summed E-state index contributed by atoms with van der Waals surface area (Å²) in [5.41, 5.74) is 0. The molecule has 3 N–H and O–H groups in total. The highest BCUT2D eigenvalue weighted by molar-refractivity contribution is 5.74. The van der Waals surface area contributed by atoms with Gasteiger partial charge < -0.3 is 20.9 Å². The second kappa shape index (κ2) is 4.81. The molecule has 0 aromatic heterocycles. The van der Waals surface area contributed by atoms with Gasteiger partial charge in [0, 0.05) is 38.3 Å². The van der Waals surface area contributed by atoms with Gasteiger partial charge in [-0.2, -0.15) is 0 Å². The standard InChI is InChI=1S/C10H20N4O/c1-14-5-4-11-9(7-14)6-12-10(15)13-8-2-3-8/h8-9,11H,2-7H2,1H3,(H2,12,13,15). The Hall–Kier alpha value is -0.810. The fourth-order valence-electron chi connectivity index (χ4n) is 1.81. The first-order chi connectivity index (χ1) is 7.24. The number of urea groups is 1. The van der Waals surface area contributed by atoms with Gasteiger partial charge in [-0.25, -0.2) is 4.79 Å². The molecule has 0 bridgehead atoms. The van der Waals surface area contributed by atoms with Gasteiger partial charge in [0.15, 0.2) is 0 Å². The lowest BCUT2D eigenvalue weighted by atomic mass is 10.2. The van der Waals surface area contributed by atoms with Crippen LogP contribution in [0.1, 0.15) is 12.8 Å². The maximum absolute atomic E-state index is 11.4. The van der Waals surface area contributed by atoms with Gasteiger partial charge in [0.25, 0.3) is 0 Å². The number of amides is 2. The smallest absolute Gasteiger partial charge is 0.315 e. The Balaban J connectivity index is 1.61. The van der Waals surface area contributed by atoms with Crippen molar-refractivity contribution in [2.75, 3.05) is 33.2 Å². The average Bonchev–Trinajstić information content (AvgIpc) is 2.99. The lowest BCUT2D eigenvalue weighted by Gasteiger charge is -2.30. The van der Waals surface area contributed by atoms with E-state index in [9.17, 15) is 4.79 Å². The van der Waals surface area contributed by atoms with Gasteiger partial charge in [0.1, 0.15) is 0 Å². The van der Waals surface area contributed by atoms with E-state index in [1.807, 2.05) is 0 Å². The molecule has 86 valence electrons. The first kappa shape index (κ1) is 10.7. The van der Waals surface area contributed by atoms with Crippen LogP contribution in [0.25, 0.3) is 0 Å². The molecular formula is C10H20N4O. The number of likely N-dealkylation sites (N-methyl/N-ethyl adjacent to an activating group) is 1. The number of carbonyl (C=O) groups excluding carboxylic acids is 1. The van der Waals surface area contributed by atoms with E-state index >= 15 is 0 Å². The predicted molar refractivity (Wildman–Crippen MR) is 58.8 cm³/mol. The minimum Gasteiger partial charge on any atom is -0.337 e. The number of piperazine rings is 1. The third-order valence-electron chi connectivity index (χ3n) is 2.88. The average molecular weight is 212 g/mol. The third-order valence-corrected chi connectivity index (χ3v) is 2.88. The van der Waals surface area contributed by atoms with Crippen molar-refractivity contribution in [3.05, 3.63) is 0 Å². The second-order valence-electron chi connectivity index (χ2n) is 4.54. The number of nitrogens with one attached hydrogen (secondary N) is 3. The Labute approximate surface area is 90.6 Å². The highest BCUT2D eigenvalue weighted by atomic mass is 16.2. The van der Waals surface area contributed by atoms with Gasteiger partial charge in [-0.1, -0.05) is 0 Å². The molecule has 0 radical (unpaired) electrons. The molecule has 1 unspecified atom stereocenters. The Morgan fingerprint density at radius 1 is 1.53 bits per heavy atom. The molecular weight excluding hydrogens is 192 g/mol. The second-order valence-corrected chi connectivity index (χ2v) is 4.54. The Morgan fingerprint density at radius 3 is 3.00 bits per heavy atom. The maximum atomic E-state index is 11.4. The summed E-state index contributed by atoms with van der Waals surface area (Å²) in [6.45, 7) is 3.81. The highest BCUT2D eigenvalue weighted by Gasteiger charge is 2.23. The number of hydrogen-bond acceptors (Lipinski definition) is 3. The first-order valence-electron chi connectivity index (χ1n) is 5.70. The molecule has 15 heavy (non-hydrogen) atoms. The number of rotatable bonds is 3. The van der Waals surface area contributed by atoms with Crippen molar-refractivity contribution in [1.29, 1.82) is 0 Å². The van der Waals surface area contributed by atoms with Crippen LogP contribution in [0.15, 0.2) is 0 Å². The number of carbonyl (C=O) groups is 1. The molecule has 1 saturated heterocycles. The minimum absolute atomic E-state index is 0.0208. The summed E-state index contributed by atoms with van der Waals surface area (Å²) in [6.07, 6.45) is 2.27. The topological polar surface area (TPSA) is 56.4 Å². The van der Waals surface area contributed by atoms with Crippen LogP contribution in [-0.4, -0.2) is 56.2 Å². The largest absolute Gasteiger partial charge is 0.337 e. The molecule has 0 spiro atoms. The zero-order chi connectivity index (χ0) is 10.7.